The van der Waals surface area contributed by atoms with Crippen molar-refractivity contribution in [2.24, 2.45) is 5.73 Å². The molecule has 2 amide bonds. The van der Waals surface area contributed by atoms with Crippen LogP contribution in [0.4, 0.5) is 5.69 Å². The standard InChI is InChI=1S/C35H46N6O6/c1-3-29-32(37-24-42)31(26-13-15-28(16-14-26)41(45)46)33(30(38-29)12-7-8-19-36)40(25-43)21-9-20-39-22-17-35(18-23-39,34(44)47-2)27-10-5-4-6-11-27/h4-6,10-11,13-16,24-25,31,38H,3,7-9,12,17-23,36H2,1-2H3,(H,37,42). The number of dihydropyridines is 1. The van der Waals surface area contributed by atoms with Crippen molar-refractivity contribution in [2.45, 2.75) is 63.2 Å². The lowest BCUT2D eigenvalue weighted by Gasteiger charge is -2.40. The van der Waals surface area contributed by atoms with E-state index in [1.807, 2.05) is 37.3 Å². The van der Waals surface area contributed by atoms with E-state index in [4.69, 9.17) is 10.5 Å². The number of methoxy groups -OCH3 is 1. The van der Waals surface area contributed by atoms with E-state index in [2.05, 4.69) is 15.5 Å². The predicted molar refractivity (Wildman–Crippen MR) is 179 cm³/mol. The molecule has 2 aromatic carbocycles. The van der Waals surface area contributed by atoms with Crippen molar-refractivity contribution in [3.8, 4) is 0 Å². The van der Waals surface area contributed by atoms with Gasteiger partial charge in [0.1, 0.15) is 0 Å². The van der Waals surface area contributed by atoms with Crippen molar-refractivity contribution in [3.05, 3.63) is 98.6 Å². The molecule has 0 aromatic heterocycles. The Morgan fingerprint density at radius 1 is 1.11 bits per heavy atom. The summed E-state index contributed by atoms with van der Waals surface area (Å²) in [5.41, 5.74) is 9.77. The summed E-state index contributed by atoms with van der Waals surface area (Å²) in [5.74, 6) is -0.747. The number of likely N-dealkylation sites (tertiary alicyclic amines) is 1. The molecule has 4 N–H and O–H groups in total. The number of carbonyl (C=O) groups excluding carboxylic acids is 3. The molecule has 2 aliphatic heterocycles. The van der Waals surface area contributed by atoms with Crippen LogP contribution >= 0.6 is 0 Å². The Kier molecular flexibility index (Phi) is 12.7. The molecule has 0 aliphatic carbocycles. The third-order valence-electron chi connectivity index (χ3n) is 9.31. The Bertz CT molecular complexity index is 1450. The van der Waals surface area contributed by atoms with Gasteiger partial charge >= 0.3 is 5.97 Å². The number of ether oxygens (including phenoxy) is 1. The number of nitrogens with one attached hydrogen (secondary N) is 2. The van der Waals surface area contributed by atoms with Crippen LogP contribution in [0.15, 0.2) is 77.4 Å². The number of unbranched alkanes of at least 4 members (excludes halogenated alkanes) is 1. The third kappa shape index (κ3) is 8.06. The molecule has 1 atom stereocenters. The topological polar surface area (TPSA) is 160 Å². The molecule has 12 nitrogen and oxygen atoms in total. The number of hydrogen-bond acceptors (Lipinski definition) is 9. The van der Waals surface area contributed by atoms with E-state index >= 15 is 0 Å². The summed E-state index contributed by atoms with van der Waals surface area (Å²) in [6, 6.07) is 16.0. The first-order valence-corrected chi connectivity index (χ1v) is 16.3. The number of amides is 2. The van der Waals surface area contributed by atoms with E-state index < -0.39 is 16.3 Å². The molecule has 0 saturated carbocycles. The number of nitrogens with zero attached hydrogens (tertiary/aromatic N) is 3. The van der Waals surface area contributed by atoms with Gasteiger partial charge in [-0.25, -0.2) is 0 Å². The Morgan fingerprint density at radius 3 is 2.38 bits per heavy atom. The van der Waals surface area contributed by atoms with Gasteiger partial charge in [-0.2, -0.15) is 0 Å². The summed E-state index contributed by atoms with van der Waals surface area (Å²) in [4.78, 5) is 52.6. The number of nitro groups is 1. The van der Waals surface area contributed by atoms with Crippen LogP contribution in [0.1, 0.15) is 68.9 Å². The van der Waals surface area contributed by atoms with E-state index in [9.17, 15) is 24.5 Å². The smallest absolute Gasteiger partial charge is 0.316 e. The summed E-state index contributed by atoms with van der Waals surface area (Å²) in [6.07, 6.45) is 6.21. The average Bonchev–Trinajstić information content (AvgIpc) is 3.11. The van der Waals surface area contributed by atoms with Crippen LogP contribution in [0.5, 0.6) is 0 Å². The maximum Gasteiger partial charge on any atom is 0.316 e. The highest BCUT2D eigenvalue weighted by atomic mass is 16.6. The van der Waals surface area contributed by atoms with Crippen LogP contribution in [0.3, 0.4) is 0 Å². The van der Waals surface area contributed by atoms with Gasteiger partial charge in [-0.15, -0.1) is 0 Å². The molecule has 47 heavy (non-hydrogen) atoms. The fraction of sp³-hybridized carbons (Fsp3) is 0.457. The van der Waals surface area contributed by atoms with Crippen LogP contribution < -0.4 is 16.4 Å². The number of nitrogens with two attached hydrogens (primary N) is 1. The summed E-state index contributed by atoms with van der Waals surface area (Å²) in [5, 5.41) is 17.8. The summed E-state index contributed by atoms with van der Waals surface area (Å²) in [7, 11) is 1.44. The van der Waals surface area contributed by atoms with Crippen LogP contribution in [-0.2, 0) is 24.5 Å². The molecule has 0 radical (unpaired) electrons. The van der Waals surface area contributed by atoms with Gasteiger partial charge in [0.15, 0.2) is 0 Å². The highest BCUT2D eigenvalue weighted by Gasteiger charge is 2.44. The minimum absolute atomic E-state index is 0.0433. The van der Waals surface area contributed by atoms with Gasteiger partial charge in [0.25, 0.3) is 5.69 Å². The van der Waals surface area contributed by atoms with E-state index in [-0.39, 0.29) is 11.7 Å². The van der Waals surface area contributed by atoms with E-state index in [1.54, 1.807) is 17.0 Å². The number of esters is 1. The number of carbonyl (C=O) groups is 3. The monoisotopic (exact) mass is 646 g/mol. The lowest BCUT2D eigenvalue weighted by Crippen LogP contribution is -2.48. The second-order valence-corrected chi connectivity index (χ2v) is 12.0. The van der Waals surface area contributed by atoms with Crippen LogP contribution in [0.25, 0.3) is 0 Å². The minimum Gasteiger partial charge on any atom is -0.468 e. The van der Waals surface area contributed by atoms with Gasteiger partial charge in [0.05, 0.1) is 34.8 Å². The van der Waals surface area contributed by atoms with Crippen molar-refractivity contribution in [1.29, 1.82) is 0 Å². The second-order valence-electron chi connectivity index (χ2n) is 12.0. The summed E-state index contributed by atoms with van der Waals surface area (Å²) < 4.78 is 5.24. The quantitative estimate of drug-likeness (QED) is 0.0758. The molecular formula is C35H46N6O6. The Balaban J connectivity index is 1.58. The van der Waals surface area contributed by atoms with Crippen molar-refractivity contribution in [3.63, 3.8) is 0 Å². The predicted octanol–water partition coefficient (Wildman–Crippen LogP) is 4.05. The van der Waals surface area contributed by atoms with E-state index in [0.29, 0.717) is 76.1 Å². The van der Waals surface area contributed by atoms with Gasteiger partial charge < -0.3 is 30.9 Å². The Morgan fingerprint density at radius 2 is 1.81 bits per heavy atom. The van der Waals surface area contributed by atoms with Crippen LogP contribution in [0, 0.1) is 10.1 Å². The summed E-state index contributed by atoms with van der Waals surface area (Å²) in [6.45, 7) is 5.07. The molecule has 2 heterocycles. The molecule has 2 aliphatic rings. The zero-order valence-electron chi connectivity index (χ0n) is 27.3. The normalized spacial score (nSPS) is 17.9. The number of non-ortho nitro benzene ring substituents is 1. The molecule has 0 spiro atoms. The molecule has 252 valence electrons. The zero-order valence-corrected chi connectivity index (χ0v) is 27.3. The fourth-order valence-corrected chi connectivity index (χ4v) is 6.82. The molecule has 0 bridgehead atoms. The van der Waals surface area contributed by atoms with Gasteiger partial charge in [0, 0.05) is 30.1 Å². The largest absolute Gasteiger partial charge is 0.468 e. The van der Waals surface area contributed by atoms with Crippen LogP contribution in [-0.4, -0.2) is 73.3 Å². The number of piperidine rings is 1. The maximum absolute atomic E-state index is 13.0. The van der Waals surface area contributed by atoms with Crippen LogP contribution in [0.2, 0.25) is 0 Å². The number of allylic oxidation sites excluding steroid dienone is 2. The molecule has 4 rings (SSSR count). The highest BCUT2D eigenvalue weighted by molar-refractivity contribution is 5.83. The van der Waals surface area contributed by atoms with E-state index in [1.165, 1.54) is 19.2 Å². The zero-order chi connectivity index (χ0) is 33.8. The molecule has 12 heteroatoms. The van der Waals surface area contributed by atoms with Crippen molar-refractivity contribution in [2.75, 3.05) is 39.8 Å². The number of hydrogen-bond donors (Lipinski definition) is 3. The average molecular weight is 647 g/mol. The lowest BCUT2D eigenvalue weighted by atomic mass is 9.72. The minimum atomic E-state index is -0.679. The van der Waals surface area contributed by atoms with Gasteiger partial charge in [-0.1, -0.05) is 49.4 Å². The second kappa shape index (κ2) is 16.8. The van der Waals surface area contributed by atoms with E-state index in [0.717, 1.165) is 48.3 Å². The van der Waals surface area contributed by atoms with Crippen molar-refractivity contribution in [1.82, 2.24) is 20.4 Å². The molecule has 1 unspecified atom stereocenters. The lowest BCUT2D eigenvalue weighted by molar-refractivity contribution is -0.384. The molecule has 1 saturated heterocycles. The fourth-order valence-electron chi connectivity index (χ4n) is 6.82. The first-order chi connectivity index (χ1) is 22.8. The number of benzene rings is 2. The Hall–Kier alpha value is -4.55. The third-order valence-corrected chi connectivity index (χ3v) is 9.31. The van der Waals surface area contributed by atoms with Gasteiger partial charge in [-0.3, -0.25) is 24.5 Å². The van der Waals surface area contributed by atoms with Gasteiger partial charge in [0.2, 0.25) is 12.8 Å². The number of rotatable bonds is 17. The molecule has 1 fully saturated rings. The highest BCUT2D eigenvalue weighted by Crippen LogP contribution is 2.41. The maximum atomic E-state index is 13.0. The Labute approximate surface area is 276 Å². The SMILES string of the molecule is CCC1=C(NC=O)C(c2ccc([N+](=O)[O-])cc2)C(N(C=O)CCCN2CCC(C(=O)OC)(c3ccccc3)CC2)=C(CCCCN)N1. The first kappa shape index (κ1) is 35.3. The summed E-state index contributed by atoms with van der Waals surface area (Å²) >= 11 is 0. The van der Waals surface area contributed by atoms with Crippen molar-refractivity contribution >= 4 is 24.5 Å². The molecular weight excluding hydrogens is 600 g/mol. The first-order valence-electron chi connectivity index (χ1n) is 16.3. The molecule has 2 aromatic rings. The van der Waals surface area contributed by atoms with Gasteiger partial charge in [-0.05, 0) is 82.3 Å². The number of nitro benzene ring substituents is 1. The van der Waals surface area contributed by atoms with Crippen molar-refractivity contribution < 1.29 is 24.0 Å².